The number of hydrogen-bond acceptors (Lipinski definition) is 5. The average molecular weight is 289 g/mol. The maximum Gasteiger partial charge on any atom is 0.367 e. The van der Waals surface area contributed by atoms with Crippen LogP contribution in [-0.2, 0) is 4.74 Å². The fraction of sp³-hybridized carbons (Fsp3) is 0.143. The van der Waals surface area contributed by atoms with E-state index in [1.165, 1.54) is 21.4 Å². The van der Waals surface area contributed by atoms with Crippen molar-refractivity contribution in [3.63, 3.8) is 0 Å². The number of carbonyl (C=O) groups excluding carboxylic acids is 1. The smallest absolute Gasteiger partial charge is 0.367 e. The minimum absolute atomic E-state index is 0.347. The molecule has 0 saturated carbocycles. The third kappa shape index (κ3) is 2.39. The first kappa shape index (κ1) is 12.3. The highest BCUT2D eigenvalue weighted by atomic mass is 32.1. The molecule has 1 aromatic carbocycles. The van der Waals surface area contributed by atoms with Crippen LogP contribution in [0, 0.1) is 0 Å². The van der Waals surface area contributed by atoms with Crippen LogP contribution in [0.5, 0.6) is 0 Å². The van der Waals surface area contributed by atoms with Crippen LogP contribution in [0.3, 0.4) is 0 Å². The highest BCUT2D eigenvalue weighted by molar-refractivity contribution is 7.22. The Morgan fingerprint density at radius 1 is 1.37 bits per heavy atom. The summed E-state index contributed by atoms with van der Waals surface area (Å²) in [5.74, 6) is -0.347. The maximum absolute atomic E-state index is 11.6. The van der Waals surface area contributed by atoms with Gasteiger partial charge in [-0.15, -0.1) is 22.7 Å². The molecular formula is C14H11NO2S2. The standard InChI is InChI=1S/C14H11NO2S2/c1-2-17-14(16)13-15-10(8-18-13)12-7-9-5-3-4-6-11(9)19-12/h3-8H,2H2,1H3. The number of nitrogens with zero attached hydrogens (tertiary/aromatic N) is 1. The Balaban J connectivity index is 1.96. The van der Waals surface area contributed by atoms with Crippen molar-refractivity contribution in [2.75, 3.05) is 6.61 Å². The van der Waals surface area contributed by atoms with Gasteiger partial charge < -0.3 is 4.74 Å². The van der Waals surface area contributed by atoms with E-state index in [-0.39, 0.29) is 5.97 Å². The molecule has 5 heteroatoms. The maximum atomic E-state index is 11.6. The number of esters is 1. The van der Waals surface area contributed by atoms with Crippen molar-refractivity contribution in [2.24, 2.45) is 0 Å². The summed E-state index contributed by atoms with van der Waals surface area (Å²) in [5, 5.41) is 3.51. The van der Waals surface area contributed by atoms with Crippen molar-refractivity contribution < 1.29 is 9.53 Å². The number of thiazole rings is 1. The zero-order valence-corrected chi connectivity index (χ0v) is 11.9. The van der Waals surface area contributed by atoms with Gasteiger partial charge in [-0.3, -0.25) is 0 Å². The zero-order valence-electron chi connectivity index (χ0n) is 10.3. The van der Waals surface area contributed by atoms with Gasteiger partial charge in [0.15, 0.2) is 0 Å². The molecule has 0 saturated heterocycles. The van der Waals surface area contributed by atoms with E-state index in [0.29, 0.717) is 11.6 Å². The molecule has 0 fully saturated rings. The predicted molar refractivity (Wildman–Crippen MR) is 78.9 cm³/mol. The summed E-state index contributed by atoms with van der Waals surface area (Å²) in [4.78, 5) is 17.0. The lowest BCUT2D eigenvalue weighted by Gasteiger charge is -1.95. The predicted octanol–water partition coefficient (Wildman–Crippen LogP) is 4.20. The van der Waals surface area contributed by atoms with E-state index >= 15 is 0 Å². The summed E-state index contributed by atoms with van der Waals surface area (Å²) in [6.45, 7) is 2.16. The van der Waals surface area contributed by atoms with Gasteiger partial charge in [0.2, 0.25) is 5.01 Å². The Morgan fingerprint density at radius 2 is 2.21 bits per heavy atom. The largest absolute Gasteiger partial charge is 0.461 e. The third-order valence-electron chi connectivity index (χ3n) is 2.63. The molecule has 0 amide bonds. The topological polar surface area (TPSA) is 39.2 Å². The van der Waals surface area contributed by atoms with Crippen LogP contribution in [0.25, 0.3) is 20.7 Å². The molecule has 0 aliphatic heterocycles. The van der Waals surface area contributed by atoms with Gasteiger partial charge in [-0.25, -0.2) is 9.78 Å². The number of aromatic nitrogens is 1. The lowest BCUT2D eigenvalue weighted by molar-refractivity contribution is 0.0526. The van der Waals surface area contributed by atoms with Crippen molar-refractivity contribution >= 4 is 38.7 Å². The SMILES string of the molecule is CCOC(=O)c1nc(-c2cc3ccccc3s2)cs1. The second-order valence-electron chi connectivity index (χ2n) is 3.91. The van der Waals surface area contributed by atoms with Gasteiger partial charge in [0.1, 0.15) is 0 Å². The summed E-state index contributed by atoms with van der Waals surface area (Å²) in [5.41, 5.74) is 0.842. The Morgan fingerprint density at radius 3 is 3.00 bits per heavy atom. The molecule has 0 aliphatic rings. The number of ether oxygens (including phenoxy) is 1. The van der Waals surface area contributed by atoms with E-state index < -0.39 is 0 Å². The molecule has 3 nitrogen and oxygen atoms in total. The normalized spacial score (nSPS) is 10.8. The highest BCUT2D eigenvalue weighted by Gasteiger charge is 2.14. The second-order valence-corrected chi connectivity index (χ2v) is 5.85. The lowest BCUT2D eigenvalue weighted by atomic mass is 10.2. The number of rotatable bonds is 3. The summed E-state index contributed by atoms with van der Waals surface area (Å²) in [7, 11) is 0. The van der Waals surface area contributed by atoms with Crippen LogP contribution in [-0.4, -0.2) is 17.6 Å². The van der Waals surface area contributed by atoms with E-state index in [2.05, 4.69) is 23.2 Å². The van der Waals surface area contributed by atoms with Crippen molar-refractivity contribution in [3.05, 3.63) is 40.7 Å². The van der Waals surface area contributed by atoms with Crippen molar-refractivity contribution in [3.8, 4) is 10.6 Å². The van der Waals surface area contributed by atoms with E-state index in [1.54, 1.807) is 18.3 Å². The molecule has 96 valence electrons. The van der Waals surface area contributed by atoms with Crippen LogP contribution in [0.15, 0.2) is 35.7 Å². The summed E-state index contributed by atoms with van der Waals surface area (Å²) >= 11 is 3.00. The Hall–Kier alpha value is -1.72. The molecule has 2 heterocycles. The van der Waals surface area contributed by atoms with E-state index in [0.717, 1.165) is 10.6 Å². The minimum Gasteiger partial charge on any atom is -0.461 e. The fourth-order valence-electron chi connectivity index (χ4n) is 1.78. The quantitative estimate of drug-likeness (QED) is 0.678. The number of fused-ring (bicyclic) bond motifs is 1. The molecular weight excluding hydrogens is 278 g/mol. The molecule has 0 unspecified atom stereocenters. The van der Waals surface area contributed by atoms with Crippen LogP contribution < -0.4 is 0 Å². The summed E-state index contributed by atoms with van der Waals surface area (Å²) in [6, 6.07) is 10.3. The number of carbonyl (C=O) groups is 1. The van der Waals surface area contributed by atoms with Crippen LogP contribution in [0.2, 0.25) is 0 Å². The summed E-state index contributed by atoms with van der Waals surface area (Å²) < 4.78 is 6.17. The molecule has 2 aromatic heterocycles. The molecule has 0 radical (unpaired) electrons. The molecule has 3 aromatic rings. The Bertz CT molecular complexity index is 697. The first-order valence-electron chi connectivity index (χ1n) is 5.89. The van der Waals surface area contributed by atoms with Crippen molar-refractivity contribution in [1.29, 1.82) is 0 Å². The Labute approximate surface area is 118 Å². The molecule has 3 rings (SSSR count). The molecule has 0 spiro atoms. The minimum atomic E-state index is -0.347. The molecule has 0 bridgehead atoms. The van der Waals surface area contributed by atoms with Gasteiger partial charge in [-0.05, 0) is 24.4 Å². The van der Waals surface area contributed by atoms with E-state index in [9.17, 15) is 4.79 Å². The molecule has 0 N–H and O–H groups in total. The van der Waals surface area contributed by atoms with Gasteiger partial charge in [0.05, 0.1) is 17.2 Å². The van der Waals surface area contributed by atoms with E-state index in [4.69, 9.17) is 4.74 Å². The first-order valence-corrected chi connectivity index (χ1v) is 7.59. The highest BCUT2D eigenvalue weighted by Crippen LogP contribution is 2.33. The number of thiophene rings is 1. The van der Waals surface area contributed by atoms with Gasteiger partial charge in [0, 0.05) is 10.1 Å². The molecule has 19 heavy (non-hydrogen) atoms. The third-order valence-corrected chi connectivity index (χ3v) is 4.59. The first-order chi connectivity index (χ1) is 9.28. The average Bonchev–Trinajstić information content (AvgIpc) is 3.05. The fourth-order valence-corrected chi connectivity index (χ4v) is 3.59. The van der Waals surface area contributed by atoms with Gasteiger partial charge in [-0.2, -0.15) is 0 Å². The number of benzene rings is 1. The van der Waals surface area contributed by atoms with Gasteiger partial charge >= 0.3 is 5.97 Å². The zero-order chi connectivity index (χ0) is 13.2. The Kier molecular flexibility index (Phi) is 3.31. The van der Waals surface area contributed by atoms with Gasteiger partial charge in [-0.1, -0.05) is 18.2 Å². The van der Waals surface area contributed by atoms with Crippen LogP contribution in [0.4, 0.5) is 0 Å². The lowest BCUT2D eigenvalue weighted by Crippen LogP contribution is -2.03. The molecule has 0 atom stereocenters. The summed E-state index contributed by atoms with van der Waals surface area (Å²) in [6.07, 6.45) is 0. The van der Waals surface area contributed by atoms with E-state index in [1.807, 2.05) is 17.5 Å². The monoisotopic (exact) mass is 289 g/mol. The molecule has 0 aliphatic carbocycles. The number of hydrogen-bond donors (Lipinski definition) is 0. The van der Waals surface area contributed by atoms with Crippen molar-refractivity contribution in [2.45, 2.75) is 6.92 Å². The van der Waals surface area contributed by atoms with Crippen molar-refractivity contribution in [1.82, 2.24) is 4.98 Å². The van der Waals surface area contributed by atoms with Gasteiger partial charge in [0.25, 0.3) is 0 Å². The van der Waals surface area contributed by atoms with Crippen LogP contribution in [0.1, 0.15) is 16.7 Å². The van der Waals surface area contributed by atoms with Crippen LogP contribution >= 0.6 is 22.7 Å². The second kappa shape index (κ2) is 5.11.